The molecule has 22 heavy (non-hydrogen) atoms. The molecule has 0 fully saturated rings. The molecule has 1 aliphatic heterocycles. The lowest BCUT2D eigenvalue weighted by Gasteiger charge is -2.17. The topological polar surface area (TPSA) is 32.3 Å². The van der Waals surface area contributed by atoms with Gasteiger partial charge in [-0.2, -0.15) is 0 Å². The van der Waals surface area contributed by atoms with Gasteiger partial charge in [0.2, 0.25) is 0 Å². The minimum absolute atomic E-state index is 0.0891. The van der Waals surface area contributed by atoms with Gasteiger partial charge in [0.15, 0.2) is 0 Å². The van der Waals surface area contributed by atoms with Crippen LogP contribution in [0.1, 0.15) is 34.5 Å². The fraction of sp³-hybridized carbons (Fsp3) is 0.278. The Morgan fingerprint density at radius 1 is 1.23 bits per heavy atom. The molecule has 0 saturated heterocycles. The predicted molar refractivity (Wildman–Crippen MR) is 85.7 cm³/mol. The lowest BCUT2D eigenvalue weighted by Crippen LogP contribution is -2.26. The molecule has 4 heteroatoms. The highest BCUT2D eigenvalue weighted by molar-refractivity contribution is 5.94. The van der Waals surface area contributed by atoms with Crippen LogP contribution < -0.4 is 10.2 Å². The zero-order valence-corrected chi connectivity index (χ0v) is 12.8. The number of likely N-dealkylation sites (N-methyl/N-ethyl adjacent to an activating group) is 1. The van der Waals surface area contributed by atoms with Crippen molar-refractivity contribution in [2.75, 3.05) is 18.5 Å². The van der Waals surface area contributed by atoms with Crippen LogP contribution >= 0.6 is 0 Å². The Morgan fingerprint density at radius 2 is 1.95 bits per heavy atom. The van der Waals surface area contributed by atoms with E-state index in [4.69, 9.17) is 0 Å². The van der Waals surface area contributed by atoms with Crippen LogP contribution in [0, 0.1) is 5.82 Å². The molecule has 2 aromatic carbocycles. The molecule has 1 unspecified atom stereocenters. The van der Waals surface area contributed by atoms with Gasteiger partial charge in [-0.3, -0.25) is 4.79 Å². The molecule has 3 nitrogen and oxygen atoms in total. The number of rotatable bonds is 3. The number of carbonyl (C=O) groups excluding carboxylic acids is 1. The Kier molecular flexibility index (Phi) is 3.84. The highest BCUT2D eigenvalue weighted by atomic mass is 19.1. The van der Waals surface area contributed by atoms with E-state index < -0.39 is 0 Å². The van der Waals surface area contributed by atoms with Crippen molar-refractivity contribution in [3.05, 3.63) is 65.0 Å². The zero-order valence-electron chi connectivity index (χ0n) is 12.8. The molecule has 114 valence electrons. The van der Waals surface area contributed by atoms with Crippen LogP contribution in [-0.2, 0) is 6.42 Å². The second-order valence-corrected chi connectivity index (χ2v) is 5.76. The highest BCUT2D eigenvalue weighted by Gasteiger charge is 2.18. The summed E-state index contributed by atoms with van der Waals surface area (Å²) in [5.74, 6) is -0.530. The summed E-state index contributed by atoms with van der Waals surface area (Å²) in [6.07, 6.45) is 1.04. The van der Waals surface area contributed by atoms with E-state index in [1.165, 1.54) is 35.5 Å². The molecule has 3 rings (SSSR count). The molecule has 1 amide bonds. The second kappa shape index (κ2) is 5.79. The first-order valence-corrected chi connectivity index (χ1v) is 7.45. The van der Waals surface area contributed by atoms with Crippen molar-refractivity contribution in [1.29, 1.82) is 0 Å². The Hall–Kier alpha value is -2.36. The number of benzene rings is 2. The number of carbonyl (C=O) groups is 1. The summed E-state index contributed by atoms with van der Waals surface area (Å²) >= 11 is 0. The summed E-state index contributed by atoms with van der Waals surface area (Å²) in [6.45, 7) is 3.00. The normalized spacial score (nSPS) is 14.6. The van der Waals surface area contributed by atoms with E-state index in [0.29, 0.717) is 5.56 Å². The van der Waals surface area contributed by atoms with Gasteiger partial charge in [-0.05, 0) is 54.8 Å². The van der Waals surface area contributed by atoms with E-state index >= 15 is 0 Å². The van der Waals surface area contributed by atoms with Crippen LogP contribution in [0.3, 0.4) is 0 Å². The third-order valence-electron chi connectivity index (χ3n) is 4.19. The van der Waals surface area contributed by atoms with Crippen molar-refractivity contribution in [3.8, 4) is 0 Å². The molecule has 1 atom stereocenters. The fourth-order valence-corrected chi connectivity index (χ4v) is 2.82. The van der Waals surface area contributed by atoms with Crippen LogP contribution in [0.4, 0.5) is 10.1 Å². The molecule has 1 N–H and O–H groups in total. The first-order chi connectivity index (χ1) is 10.5. The van der Waals surface area contributed by atoms with Crippen LogP contribution in [0.25, 0.3) is 0 Å². The van der Waals surface area contributed by atoms with Gasteiger partial charge in [0.1, 0.15) is 5.82 Å². The number of amides is 1. The Bertz CT molecular complexity index is 697. The first-order valence-electron chi connectivity index (χ1n) is 7.45. The maximum absolute atomic E-state index is 12.9. The van der Waals surface area contributed by atoms with Crippen molar-refractivity contribution in [1.82, 2.24) is 5.32 Å². The summed E-state index contributed by atoms with van der Waals surface area (Å²) in [6, 6.07) is 11.8. The fourth-order valence-electron chi connectivity index (χ4n) is 2.82. The summed E-state index contributed by atoms with van der Waals surface area (Å²) in [5.41, 5.74) is 4.14. The van der Waals surface area contributed by atoms with Crippen molar-refractivity contribution in [2.45, 2.75) is 19.4 Å². The number of nitrogens with zero attached hydrogens (tertiary/aromatic N) is 1. The Labute approximate surface area is 129 Å². The second-order valence-electron chi connectivity index (χ2n) is 5.76. The minimum Gasteiger partial charge on any atom is -0.374 e. The average molecular weight is 298 g/mol. The molecule has 0 radical (unpaired) electrons. The summed E-state index contributed by atoms with van der Waals surface area (Å²) in [5, 5.41) is 2.96. The van der Waals surface area contributed by atoms with Gasteiger partial charge in [-0.15, -0.1) is 0 Å². The predicted octanol–water partition coefficient (Wildman–Crippen LogP) is 3.31. The quantitative estimate of drug-likeness (QED) is 0.943. The average Bonchev–Trinajstić information content (AvgIpc) is 2.88. The number of fused-ring (bicyclic) bond motifs is 1. The molecular formula is C18H19FN2O. The van der Waals surface area contributed by atoms with E-state index in [-0.39, 0.29) is 17.8 Å². The summed E-state index contributed by atoms with van der Waals surface area (Å²) in [7, 11) is 2.09. The van der Waals surface area contributed by atoms with Gasteiger partial charge in [-0.25, -0.2) is 4.39 Å². The number of anilines is 1. The van der Waals surface area contributed by atoms with Gasteiger partial charge < -0.3 is 10.2 Å². The molecule has 1 heterocycles. The Morgan fingerprint density at radius 3 is 2.68 bits per heavy atom. The lowest BCUT2D eigenvalue weighted by atomic mass is 10.0. The third kappa shape index (κ3) is 2.82. The van der Waals surface area contributed by atoms with Gasteiger partial charge in [0.25, 0.3) is 5.91 Å². The minimum atomic E-state index is -0.340. The van der Waals surface area contributed by atoms with E-state index in [0.717, 1.165) is 18.5 Å². The van der Waals surface area contributed by atoms with E-state index in [1.807, 2.05) is 6.92 Å². The van der Waals surface area contributed by atoms with Crippen molar-refractivity contribution >= 4 is 11.6 Å². The maximum atomic E-state index is 12.9. The molecule has 1 aliphatic rings. The van der Waals surface area contributed by atoms with Gasteiger partial charge in [0, 0.05) is 24.8 Å². The summed E-state index contributed by atoms with van der Waals surface area (Å²) in [4.78, 5) is 14.4. The number of nitrogens with one attached hydrogen (secondary N) is 1. The Balaban J connectivity index is 1.73. The van der Waals surface area contributed by atoms with Crippen molar-refractivity contribution in [2.24, 2.45) is 0 Å². The summed E-state index contributed by atoms with van der Waals surface area (Å²) < 4.78 is 12.9. The number of halogens is 1. The van der Waals surface area contributed by atoms with Crippen LogP contribution in [0.5, 0.6) is 0 Å². The van der Waals surface area contributed by atoms with Gasteiger partial charge >= 0.3 is 0 Å². The maximum Gasteiger partial charge on any atom is 0.251 e. The third-order valence-corrected chi connectivity index (χ3v) is 4.19. The molecule has 0 spiro atoms. The largest absolute Gasteiger partial charge is 0.374 e. The van der Waals surface area contributed by atoms with Crippen molar-refractivity contribution < 1.29 is 9.18 Å². The smallest absolute Gasteiger partial charge is 0.251 e. The van der Waals surface area contributed by atoms with Gasteiger partial charge in [0.05, 0.1) is 6.04 Å². The SMILES string of the molecule is CC(NC(=O)c1ccc(F)cc1)c1ccc2c(c1)CCN2C. The van der Waals surface area contributed by atoms with Crippen LogP contribution in [0.15, 0.2) is 42.5 Å². The zero-order chi connectivity index (χ0) is 15.7. The molecule has 0 aromatic heterocycles. The molecule has 0 bridgehead atoms. The van der Waals surface area contributed by atoms with Crippen molar-refractivity contribution in [3.63, 3.8) is 0 Å². The molecular weight excluding hydrogens is 279 g/mol. The van der Waals surface area contributed by atoms with E-state index in [9.17, 15) is 9.18 Å². The van der Waals surface area contributed by atoms with Gasteiger partial charge in [-0.1, -0.05) is 12.1 Å². The van der Waals surface area contributed by atoms with Crippen LogP contribution in [0.2, 0.25) is 0 Å². The van der Waals surface area contributed by atoms with E-state index in [2.05, 4.69) is 35.5 Å². The van der Waals surface area contributed by atoms with Crippen LogP contribution in [-0.4, -0.2) is 19.5 Å². The van der Waals surface area contributed by atoms with E-state index in [1.54, 1.807) is 0 Å². The number of hydrogen-bond donors (Lipinski definition) is 1. The molecule has 0 saturated carbocycles. The molecule has 2 aromatic rings. The molecule has 0 aliphatic carbocycles. The lowest BCUT2D eigenvalue weighted by molar-refractivity contribution is 0.0940. The first kappa shape index (κ1) is 14.6. The monoisotopic (exact) mass is 298 g/mol. The standard InChI is InChI=1S/C18H19FN2O/c1-12(20-18(22)13-3-6-16(19)7-4-13)14-5-8-17-15(11-14)9-10-21(17)2/h3-8,11-12H,9-10H2,1-2H3,(H,20,22). The number of hydrogen-bond acceptors (Lipinski definition) is 2. The highest BCUT2D eigenvalue weighted by Crippen LogP contribution is 2.29.